The number of likely N-dealkylation sites (N-methyl/N-ethyl adjacent to an activating group) is 1. The molecule has 7 heteroatoms. The summed E-state index contributed by atoms with van der Waals surface area (Å²) in [5.74, 6) is -1.93. The number of aromatic hydroxyl groups is 1. The second kappa shape index (κ2) is 9.30. The Bertz CT molecular complexity index is 1140. The first-order valence-electron chi connectivity index (χ1n) is 9.75. The number of fused-ring (bicyclic) bond motifs is 1. The second-order valence-corrected chi connectivity index (χ2v) is 7.36. The third-order valence-corrected chi connectivity index (χ3v) is 4.96. The van der Waals surface area contributed by atoms with Gasteiger partial charge in [0.2, 0.25) is 5.91 Å². The zero-order valence-corrected chi connectivity index (χ0v) is 17.6. The number of amides is 2. The maximum atomic E-state index is 12.3. The maximum Gasteiger partial charge on any atom is 0.342 e. The predicted octanol–water partition coefficient (Wildman–Crippen LogP) is 3.42. The van der Waals surface area contributed by atoms with Crippen LogP contribution >= 0.6 is 0 Å². The van der Waals surface area contributed by atoms with Gasteiger partial charge in [0, 0.05) is 12.7 Å². The molecule has 0 spiro atoms. The number of phenolic OH excluding ortho intramolecular Hbond substituents is 1. The number of nitrogens with zero attached hydrogens (tertiary/aromatic N) is 1. The SMILES string of the molecule is Cc1cccc(C)c1NC(=O)CN(C)C(=O)COC(=O)c1cc2ccccc2cc1O. The number of hydrogen-bond acceptors (Lipinski definition) is 5. The van der Waals surface area contributed by atoms with E-state index in [1.165, 1.54) is 24.1 Å². The number of anilines is 1. The largest absolute Gasteiger partial charge is 0.507 e. The molecule has 31 heavy (non-hydrogen) atoms. The molecule has 2 amide bonds. The zero-order chi connectivity index (χ0) is 22.5. The molecule has 0 radical (unpaired) electrons. The van der Waals surface area contributed by atoms with Gasteiger partial charge in [0.25, 0.3) is 5.91 Å². The molecule has 3 rings (SSSR count). The molecule has 0 atom stereocenters. The number of para-hydroxylation sites is 1. The van der Waals surface area contributed by atoms with Crippen LogP contribution in [0, 0.1) is 13.8 Å². The first-order chi connectivity index (χ1) is 14.8. The Morgan fingerprint density at radius 1 is 0.968 bits per heavy atom. The minimum atomic E-state index is -0.815. The fourth-order valence-corrected chi connectivity index (χ4v) is 3.20. The van der Waals surface area contributed by atoms with Crippen LogP contribution in [0.15, 0.2) is 54.6 Å². The fourth-order valence-electron chi connectivity index (χ4n) is 3.20. The van der Waals surface area contributed by atoms with Gasteiger partial charge in [-0.15, -0.1) is 0 Å². The fraction of sp³-hybridized carbons (Fsp3) is 0.208. The topological polar surface area (TPSA) is 95.9 Å². The van der Waals surface area contributed by atoms with Crippen LogP contribution in [0.4, 0.5) is 5.69 Å². The van der Waals surface area contributed by atoms with Crippen molar-refractivity contribution in [1.82, 2.24) is 4.90 Å². The molecular weight excluding hydrogens is 396 g/mol. The summed E-state index contributed by atoms with van der Waals surface area (Å²) in [6, 6.07) is 15.9. The Morgan fingerprint density at radius 3 is 2.23 bits per heavy atom. The number of rotatable bonds is 6. The van der Waals surface area contributed by atoms with Gasteiger partial charge in [-0.25, -0.2) is 4.79 Å². The van der Waals surface area contributed by atoms with Gasteiger partial charge in [0.1, 0.15) is 11.3 Å². The van der Waals surface area contributed by atoms with Crippen LogP contribution in [0.5, 0.6) is 5.75 Å². The highest BCUT2D eigenvalue weighted by Gasteiger charge is 2.19. The van der Waals surface area contributed by atoms with Crippen LogP contribution < -0.4 is 5.32 Å². The summed E-state index contributed by atoms with van der Waals surface area (Å²) in [4.78, 5) is 38.1. The number of benzene rings is 3. The van der Waals surface area contributed by atoms with Crippen molar-refractivity contribution in [2.24, 2.45) is 0 Å². The van der Waals surface area contributed by atoms with Gasteiger partial charge in [0.05, 0.1) is 6.54 Å². The van der Waals surface area contributed by atoms with E-state index in [-0.39, 0.29) is 23.8 Å². The Hall–Kier alpha value is -3.87. The van der Waals surface area contributed by atoms with Crippen molar-refractivity contribution < 1.29 is 24.2 Å². The maximum absolute atomic E-state index is 12.3. The van der Waals surface area contributed by atoms with E-state index in [4.69, 9.17) is 4.74 Å². The highest BCUT2D eigenvalue weighted by atomic mass is 16.5. The van der Waals surface area contributed by atoms with E-state index in [0.717, 1.165) is 21.9 Å². The molecule has 0 unspecified atom stereocenters. The average molecular weight is 420 g/mol. The van der Waals surface area contributed by atoms with Crippen molar-refractivity contribution >= 4 is 34.2 Å². The lowest BCUT2D eigenvalue weighted by Crippen LogP contribution is -2.37. The number of hydrogen-bond donors (Lipinski definition) is 2. The Morgan fingerprint density at radius 2 is 1.58 bits per heavy atom. The molecule has 0 saturated heterocycles. The Kier molecular flexibility index (Phi) is 6.55. The molecule has 3 aromatic rings. The van der Waals surface area contributed by atoms with Crippen LogP contribution in [0.25, 0.3) is 10.8 Å². The van der Waals surface area contributed by atoms with E-state index in [0.29, 0.717) is 5.69 Å². The molecule has 0 saturated carbocycles. The molecule has 0 aliphatic carbocycles. The third-order valence-electron chi connectivity index (χ3n) is 4.96. The predicted molar refractivity (Wildman–Crippen MR) is 118 cm³/mol. The molecule has 0 aliphatic heterocycles. The van der Waals surface area contributed by atoms with E-state index in [2.05, 4.69) is 5.32 Å². The summed E-state index contributed by atoms with van der Waals surface area (Å²) in [5.41, 5.74) is 2.53. The quantitative estimate of drug-likeness (QED) is 0.596. The molecule has 0 aliphatic rings. The van der Waals surface area contributed by atoms with Crippen molar-refractivity contribution in [3.8, 4) is 5.75 Å². The van der Waals surface area contributed by atoms with Gasteiger partial charge in [-0.1, -0.05) is 42.5 Å². The average Bonchev–Trinajstić information content (AvgIpc) is 2.73. The number of aryl methyl sites for hydroxylation is 2. The van der Waals surface area contributed by atoms with Gasteiger partial charge in [-0.3, -0.25) is 9.59 Å². The zero-order valence-electron chi connectivity index (χ0n) is 17.6. The van der Waals surface area contributed by atoms with Gasteiger partial charge in [-0.2, -0.15) is 0 Å². The number of nitrogens with one attached hydrogen (secondary N) is 1. The molecule has 160 valence electrons. The normalized spacial score (nSPS) is 10.5. The lowest BCUT2D eigenvalue weighted by atomic mass is 10.1. The number of esters is 1. The summed E-state index contributed by atoms with van der Waals surface area (Å²) in [6.07, 6.45) is 0. The minimum Gasteiger partial charge on any atom is -0.507 e. The highest BCUT2D eigenvalue weighted by Crippen LogP contribution is 2.25. The lowest BCUT2D eigenvalue weighted by molar-refractivity contribution is -0.136. The standard InChI is InChI=1S/C24H24N2O5/c1-15-7-6-8-16(2)23(15)25-21(28)13-26(3)22(29)14-31-24(30)19-11-17-9-4-5-10-18(17)12-20(19)27/h4-12,27H,13-14H2,1-3H3,(H,25,28). The van der Waals surface area contributed by atoms with E-state index < -0.39 is 18.5 Å². The van der Waals surface area contributed by atoms with E-state index in [1.54, 1.807) is 6.07 Å². The molecule has 0 bridgehead atoms. The Labute approximate surface area is 180 Å². The highest BCUT2D eigenvalue weighted by molar-refractivity contribution is 6.00. The van der Waals surface area contributed by atoms with Crippen molar-refractivity contribution in [1.29, 1.82) is 0 Å². The van der Waals surface area contributed by atoms with E-state index in [9.17, 15) is 19.5 Å². The van der Waals surface area contributed by atoms with Crippen molar-refractivity contribution in [2.45, 2.75) is 13.8 Å². The molecule has 2 N–H and O–H groups in total. The van der Waals surface area contributed by atoms with Crippen molar-refractivity contribution in [3.63, 3.8) is 0 Å². The minimum absolute atomic E-state index is 0.0260. The number of phenols is 1. The smallest absolute Gasteiger partial charge is 0.342 e. The van der Waals surface area contributed by atoms with E-state index >= 15 is 0 Å². The summed E-state index contributed by atoms with van der Waals surface area (Å²) >= 11 is 0. The number of ether oxygens (including phenoxy) is 1. The molecule has 7 nitrogen and oxygen atoms in total. The summed E-state index contributed by atoms with van der Waals surface area (Å²) < 4.78 is 5.06. The van der Waals surface area contributed by atoms with Crippen LogP contribution in [0.1, 0.15) is 21.5 Å². The van der Waals surface area contributed by atoms with Gasteiger partial charge >= 0.3 is 5.97 Å². The van der Waals surface area contributed by atoms with Crippen molar-refractivity contribution in [3.05, 3.63) is 71.3 Å². The van der Waals surface area contributed by atoms with Gasteiger partial charge < -0.3 is 20.1 Å². The summed E-state index contributed by atoms with van der Waals surface area (Å²) in [5, 5.41) is 14.5. The summed E-state index contributed by atoms with van der Waals surface area (Å²) in [6.45, 7) is 3.04. The van der Waals surface area contributed by atoms with Crippen molar-refractivity contribution in [2.75, 3.05) is 25.5 Å². The lowest BCUT2D eigenvalue weighted by Gasteiger charge is -2.18. The first kappa shape index (κ1) is 21.8. The van der Waals surface area contributed by atoms with Gasteiger partial charge in [0.15, 0.2) is 6.61 Å². The van der Waals surface area contributed by atoms with Crippen LogP contribution in [-0.2, 0) is 14.3 Å². The molecular formula is C24H24N2O5. The molecule has 0 fully saturated rings. The molecule has 0 heterocycles. The number of carbonyl (C=O) groups is 3. The summed E-state index contributed by atoms with van der Waals surface area (Å²) in [7, 11) is 1.45. The van der Waals surface area contributed by atoms with E-state index in [1.807, 2.05) is 50.2 Å². The monoisotopic (exact) mass is 420 g/mol. The molecule has 3 aromatic carbocycles. The van der Waals surface area contributed by atoms with Gasteiger partial charge in [-0.05, 0) is 47.9 Å². The van der Waals surface area contributed by atoms with Crippen LogP contribution in [0.3, 0.4) is 0 Å². The van der Waals surface area contributed by atoms with Crippen LogP contribution in [0.2, 0.25) is 0 Å². The Balaban J connectivity index is 1.57. The number of carbonyl (C=O) groups excluding carboxylic acids is 3. The van der Waals surface area contributed by atoms with Crippen LogP contribution in [-0.4, -0.2) is 48.0 Å². The first-order valence-corrected chi connectivity index (χ1v) is 9.75. The second-order valence-electron chi connectivity index (χ2n) is 7.36. The molecule has 0 aromatic heterocycles. The third kappa shape index (κ3) is 5.19.